The van der Waals surface area contributed by atoms with Gasteiger partial charge in [0.1, 0.15) is 11.9 Å². The van der Waals surface area contributed by atoms with Crippen molar-refractivity contribution in [3.8, 4) is 11.3 Å². The Morgan fingerprint density at radius 2 is 2.13 bits per heavy atom. The topological polar surface area (TPSA) is 65.2 Å². The summed E-state index contributed by atoms with van der Waals surface area (Å²) in [5, 5.41) is 0. The summed E-state index contributed by atoms with van der Waals surface area (Å²) < 4.78 is 9.07. The average molecular weight is 225 g/mol. The van der Waals surface area contributed by atoms with Crippen LogP contribution in [-0.4, -0.2) is 15.9 Å². The van der Waals surface area contributed by atoms with E-state index in [0.29, 0.717) is 5.76 Å². The van der Waals surface area contributed by atoms with Crippen LogP contribution < -0.4 is 0 Å². The normalized spacial score (nSPS) is 9.93. The van der Waals surface area contributed by atoms with Gasteiger partial charge in [0.15, 0.2) is 5.76 Å². The summed E-state index contributed by atoms with van der Waals surface area (Å²) in [5.41, 5.74) is 0.770. The van der Waals surface area contributed by atoms with E-state index in [9.17, 15) is 4.79 Å². The maximum absolute atomic E-state index is 10.9. The zero-order chi connectivity index (χ0) is 10.7. The maximum Gasteiger partial charge on any atom is 0.412 e. The smallest absolute Gasteiger partial charge is 0.412 e. The Kier molecular flexibility index (Phi) is 2.64. The van der Waals surface area contributed by atoms with Crippen LogP contribution >= 0.6 is 11.9 Å². The summed E-state index contributed by atoms with van der Waals surface area (Å²) in [7, 11) is 0. The van der Waals surface area contributed by atoms with Crippen LogP contribution in [0.5, 0.6) is 0 Å². The highest BCUT2D eigenvalue weighted by Gasteiger charge is 2.15. The summed E-state index contributed by atoms with van der Waals surface area (Å²) in [6.45, 7) is 0. The monoisotopic (exact) mass is 224 g/mol. The first-order valence-electron chi connectivity index (χ1n) is 4.00. The van der Waals surface area contributed by atoms with E-state index in [2.05, 4.69) is 14.3 Å². The molecule has 0 aliphatic carbocycles. The number of rotatable bonds is 2. The second-order valence-electron chi connectivity index (χ2n) is 2.63. The van der Waals surface area contributed by atoms with Gasteiger partial charge in [-0.25, -0.2) is 9.78 Å². The first-order valence-corrected chi connectivity index (χ1v) is 4.31. The molecule has 2 aromatic heterocycles. The van der Waals surface area contributed by atoms with Gasteiger partial charge in [-0.15, -0.1) is 0 Å². The Labute approximate surface area is 89.8 Å². The van der Waals surface area contributed by atoms with Gasteiger partial charge in [0.25, 0.3) is 0 Å². The van der Waals surface area contributed by atoms with Crippen molar-refractivity contribution < 1.29 is 13.5 Å². The lowest BCUT2D eigenvalue weighted by atomic mass is 10.2. The Morgan fingerprint density at radius 3 is 2.80 bits per heavy atom. The minimum Gasteiger partial charge on any atom is -0.431 e. The van der Waals surface area contributed by atoms with Crippen LogP contribution in [0.4, 0.5) is 0 Å². The highest BCUT2D eigenvalue weighted by Crippen LogP contribution is 2.19. The van der Waals surface area contributed by atoms with Crippen LogP contribution in [0.1, 0.15) is 10.7 Å². The number of hydrogen-bond donors (Lipinski definition) is 0. The first-order chi connectivity index (χ1) is 7.31. The van der Waals surface area contributed by atoms with Crippen molar-refractivity contribution in [1.29, 1.82) is 0 Å². The van der Waals surface area contributed by atoms with Crippen molar-refractivity contribution in [3.05, 3.63) is 36.6 Å². The van der Waals surface area contributed by atoms with Gasteiger partial charge in [-0.1, -0.05) is 0 Å². The summed E-state index contributed by atoms with van der Waals surface area (Å²) >= 11 is 4.88. The predicted octanol–water partition coefficient (Wildman–Crippen LogP) is 2.05. The molecule has 0 aromatic carbocycles. The van der Waals surface area contributed by atoms with Crippen molar-refractivity contribution in [2.75, 3.05) is 0 Å². The molecule has 0 bridgehead atoms. The SMILES string of the molecule is O=C(OCl)c1ncc(-c2ccncc2)o1. The minimum atomic E-state index is -0.822. The van der Waals surface area contributed by atoms with E-state index in [0.717, 1.165) is 5.56 Å². The van der Waals surface area contributed by atoms with Gasteiger partial charge in [-0.05, 0) is 12.1 Å². The minimum absolute atomic E-state index is 0.184. The number of hydrogen-bond acceptors (Lipinski definition) is 5. The fourth-order valence-corrected chi connectivity index (χ4v) is 1.12. The largest absolute Gasteiger partial charge is 0.431 e. The van der Waals surface area contributed by atoms with Gasteiger partial charge in [-0.2, -0.15) is 0 Å². The molecule has 0 radical (unpaired) electrons. The molecule has 76 valence electrons. The van der Waals surface area contributed by atoms with Crippen LogP contribution in [-0.2, 0) is 4.29 Å². The molecule has 5 nitrogen and oxygen atoms in total. The summed E-state index contributed by atoms with van der Waals surface area (Å²) in [6.07, 6.45) is 4.63. The summed E-state index contributed by atoms with van der Waals surface area (Å²) in [5.74, 6) is -0.553. The van der Waals surface area contributed by atoms with E-state index in [4.69, 9.17) is 16.3 Å². The molecule has 0 aliphatic rings. The van der Waals surface area contributed by atoms with Gasteiger partial charge in [0.2, 0.25) is 0 Å². The fourth-order valence-electron chi connectivity index (χ4n) is 1.05. The number of nitrogens with zero attached hydrogens (tertiary/aromatic N) is 2. The molecule has 0 fully saturated rings. The van der Waals surface area contributed by atoms with Gasteiger partial charge < -0.3 is 8.71 Å². The van der Waals surface area contributed by atoms with Crippen LogP contribution in [0.3, 0.4) is 0 Å². The molecular formula is C9H5ClN2O3. The van der Waals surface area contributed by atoms with Crippen molar-refractivity contribution in [2.24, 2.45) is 0 Å². The lowest BCUT2D eigenvalue weighted by Crippen LogP contribution is -1.96. The summed E-state index contributed by atoms with van der Waals surface area (Å²) in [6, 6.07) is 3.46. The number of pyridine rings is 1. The number of halogens is 1. The standard InChI is InChI=1S/C9H5ClN2O3/c10-15-9(13)8-12-5-7(14-8)6-1-3-11-4-2-6/h1-5H. The molecule has 2 aromatic rings. The first kappa shape index (κ1) is 9.67. The Morgan fingerprint density at radius 1 is 1.40 bits per heavy atom. The van der Waals surface area contributed by atoms with E-state index < -0.39 is 5.97 Å². The van der Waals surface area contributed by atoms with Gasteiger partial charge in [-0.3, -0.25) is 4.98 Å². The van der Waals surface area contributed by atoms with E-state index in [1.807, 2.05) is 0 Å². The molecule has 2 rings (SSSR count). The van der Waals surface area contributed by atoms with Crippen LogP contribution in [0.25, 0.3) is 11.3 Å². The lowest BCUT2D eigenvalue weighted by Gasteiger charge is -1.92. The Bertz CT molecular complexity index is 469. The second kappa shape index (κ2) is 4.10. The van der Waals surface area contributed by atoms with E-state index in [-0.39, 0.29) is 5.89 Å². The lowest BCUT2D eigenvalue weighted by molar-refractivity contribution is 0.0711. The molecule has 15 heavy (non-hydrogen) atoms. The van der Waals surface area contributed by atoms with Crippen molar-refractivity contribution in [2.45, 2.75) is 0 Å². The van der Waals surface area contributed by atoms with Gasteiger partial charge >= 0.3 is 11.9 Å². The molecule has 6 heteroatoms. The fraction of sp³-hybridized carbons (Fsp3) is 0. The molecule has 0 atom stereocenters. The van der Waals surface area contributed by atoms with Crippen molar-refractivity contribution in [1.82, 2.24) is 9.97 Å². The van der Waals surface area contributed by atoms with E-state index >= 15 is 0 Å². The molecule has 0 aliphatic heterocycles. The number of carbonyl (C=O) groups excluding carboxylic acids is 1. The highest BCUT2D eigenvalue weighted by atomic mass is 35.5. The molecule has 0 amide bonds. The predicted molar refractivity (Wildman–Crippen MR) is 51.0 cm³/mol. The third kappa shape index (κ3) is 1.97. The number of oxazole rings is 1. The Hall–Kier alpha value is -1.88. The third-order valence-corrected chi connectivity index (χ3v) is 1.86. The molecular weight excluding hydrogens is 220 g/mol. The van der Waals surface area contributed by atoms with Crippen LogP contribution in [0, 0.1) is 0 Å². The Balaban J connectivity index is 2.32. The molecule has 0 saturated carbocycles. The quantitative estimate of drug-likeness (QED) is 0.781. The van der Waals surface area contributed by atoms with Gasteiger partial charge in [0, 0.05) is 18.0 Å². The van der Waals surface area contributed by atoms with Crippen molar-refractivity contribution in [3.63, 3.8) is 0 Å². The van der Waals surface area contributed by atoms with E-state index in [1.165, 1.54) is 6.20 Å². The number of carbonyl (C=O) groups is 1. The number of aromatic nitrogens is 2. The third-order valence-electron chi connectivity index (χ3n) is 1.72. The molecule has 0 unspecified atom stereocenters. The van der Waals surface area contributed by atoms with E-state index in [1.54, 1.807) is 24.5 Å². The maximum atomic E-state index is 10.9. The van der Waals surface area contributed by atoms with Gasteiger partial charge in [0.05, 0.1) is 6.20 Å². The molecule has 2 heterocycles. The van der Waals surface area contributed by atoms with Crippen molar-refractivity contribution >= 4 is 17.8 Å². The molecule has 0 spiro atoms. The summed E-state index contributed by atoms with van der Waals surface area (Å²) in [4.78, 5) is 18.5. The van der Waals surface area contributed by atoms with Crippen LogP contribution in [0.2, 0.25) is 0 Å². The zero-order valence-corrected chi connectivity index (χ0v) is 8.14. The second-order valence-corrected chi connectivity index (χ2v) is 2.78. The van der Waals surface area contributed by atoms with Crippen LogP contribution in [0.15, 0.2) is 35.1 Å². The zero-order valence-electron chi connectivity index (χ0n) is 7.38. The molecule has 0 saturated heterocycles. The average Bonchev–Trinajstić information content (AvgIpc) is 2.78. The molecule has 0 N–H and O–H groups in total. The highest BCUT2D eigenvalue weighted by molar-refractivity contribution is 6.15.